The lowest BCUT2D eigenvalue weighted by atomic mass is 10.0. The minimum Gasteiger partial charge on any atom is -0.329 e. The number of rotatable bonds is 4. The number of nitrogens with one attached hydrogen (secondary N) is 1. The highest BCUT2D eigenvalue weighted by Crippen LogP contribution is 2.17. The fourth-order valence-electron chi connectivity index (χ4n) is 1.74. The first-order valence-corrected chi connectivity index (χ1v) is 6.87. The highest BCUT2D eigenvalue weighted by molar-refractivity contribution is 7.87. The Morgan fingerprint density at radius 1 is 1.56 bits per heavy atom. The molecule has 1 fully saturated rings. The quantitative estimate of drug-likeness (QED) is 0.773. The summed E-state index contributed by atoms with van der Waals surface area (Å²) >= 11 is 0. The van der Waals surface area contributed by atoms with Crippen molar-refractivity contribution in [1.82, 2.24) is 9.03 Å². The van der Waals surface area contributed by atoms with Gasteiger partial charge in [0.15, 0.2) is 0 Å². The number of piperidine rings is 1. The van der Waals surface area contributed by atoms with Gasteiger partial charge in [-0.3, -0.25) is 0 Å². The number of nitrogens with two attached hydrogens (primary N) is 1. The van der Waals surface area contributed by atoms with Crippen molar-refractivity contribution >= 4 is 22.6 Å². The molecule has 0 amide bonds. The van der Waals surface area contributed by atoms with Crippen molar-refractivity contribution in [2.75, 3.05) is 19.6 Å². The Labute approximate surface area is 104 Å². The minimum absolute atomic E-state index is 0. The SMILES string of the molecule is CC1CCCN(S(=O)(=O)N[C@@H](C)CN)C1.Cl. The summed E-state index contributed by atoms with van der Waals surface area (Å²) in [6.45, 7) is 5.41. The monoisotopic (exact) mass is 271 g/mol. The van der Waals surface area contributed by atoms with Crippen molar-refractivity contribution in [2.24, 2.45) is 11.7 Å². The van der Waals surface area contributed by atoms with E-state index in [9.17, 15) is 8.42 Å². The highest BCUT2D eigenvalue weighted by atomic mass is 35.5. The average molecular weight is 272 g/mol. The second-order valence-corrected chi connectivity index (χ2v) is 6.07. The highest BCUT2D eigenvalue weighted by Gasteiger charge is 2.27. The molecule has 2 atom stereocenters. The predicted octanol–water partition coefficient (Wildman–Crippen LogP) is 0.322. The third-order valence-corrected chi connectivity index (χ3v) is 4.38. The van der Waals surface area contributed by atoms with E-state index in [4.69, 9.17) is 5.73 Å². The van der Waals surface area contributed by atoms with Gasteiger partial charge in [-0.15, -0.1) is 12.4 Å². The van der Waals surface area contributed by atoms with E-state index in [0.717, 1.165) is 12.8 Å². The Morgan fingerprint density at radius 2 is 2.19 bits per heavy atom. The molecule has 0 radical (unpaired) electrons. The van der Waals surface area contributed by atoms with Gasteiger partial charge in [0.2, 0.25) is 0 Å². The van der Waals surface area contributed by atoms with E-state index in [0.29, 0.717) is 25.6 Å². The fourth-order valence-corrected chi connectivity index (χ4v) is 3.32. The summed E-state index contributed by atoms with van der Waals surface area (Å²) in [7, 11) is -3.32. The fraction of sp³-hybridized carbons (Fsp3) is 1.00. The van der Waals surface area contributed by atoms with Gasteiger partial charge in [0.05, 0.1) is 0 Å². The lowest BCUT2D eigenvalue weighted by molar-refractivity contribution is 0.277. The topological polar surface area (TPSA) is 75.4 Å². The van der Waals surface area contributed by atoms with Gasteiger partial charge in [-0.1, -0.05) is 6.92 Å². The van der Waals surface area contributed by atoms with E-state index < -0.39 is 10.2 Å². The first-order chi connectivity index (χ1) is 6.95. The van der Waals surface area contributed by atoms with E-state index in [2.05, 4.69) is 11.6 Å². The lowest BCUT2D eigenvalue weighted by Crippen LogP contribution is -2.49. The van der Waals surface area contributed by atoms with Gasteiger partial charge in [0.25, 0.3) is 10.2 Å². The Kier molecular flexibility index (Phi) is 6.81. The molecule has 0 aromatic carbocycles. The molecule has 16 heavy (non-hydrogen) atoms. The standard InChI is InChI=1S/C9H21N3O2S.ClH/c1-8-4-3-5-12(7-8)15(13,14)11-9(2)6-10;/h8-9,11H,3-7,10H2,1-2H3;1H/t8?,9-;/m0./s1. The smallest absolute Gasteiger partial charge is 0.279 e. The average Bonchev–Trinajstić information content (AvgIpc) is 2.17. The van der Waals surface area contributed by atoms with Crippen molar-refractivity contribution < 1.29 is 8.42 Å². The van der Waals surface area contributed by atoms with Crippen molar-refractivity contribution in [3.8, 4) is 0 Å². The second-order valence-electron chi connectivity index (χ2n) is 4.37. The first kappa shape index (κ1) is 16.1. The van der Waals surface area contributed by atoms with E-state index in [1.54, 1.807) is 6.92 Å². The number of nitrogens with zero attached hydrogens (tertiary/aromatic N) is 1. The van der Waals surface area contributed by atoms with E-state index >= 15 is 0 Å². The molecule has 7 heteroatoms. The van der Waals surface area contributed by atoms with Crippen molar-refractivity contribution in [1.29, 1.82) is 0 Å². The Morgan fingerprint density at radius 3 is 2.69 bits per heavy atom. The summed E-state index contributed by atoms with van der Waals surface area (Å²) in [6, 6.07) is -0.202. The minimum atomic E-state index is -3.32. The van der Waals surface area contributed by atoms with Crippen LogP contribution in [0.1, 0.15) is 26.7 Å². The third-order valence-electron chi connectivity index (χ3n) is 2.66. The van der Waals surface area contributed by atoms with Crippen LogP contribution >= 0.6 is 12.4 Å². The summed E-state index contributed by atoms with van der Waals surface area (Å²) in [5, 5.41) is 0. The Hall–Kier alpha value is 0.120. The van der Waals surface area contributed by atoms with Crippen molar-refractivity contribution in [2.45, 2.75) is 32.7 Å². The molecule has 1 saturated heterocycles. The summed E-state index contributed by atoms with van der Waals surface area (Å²) in [6.07, 6.45) is 2.05. The molecular formula is C9H22ClN3O2S. The molecule has 0 spiro atoms. The van der Waals surface area contributed by atoms with Crippen molar-refractivity contribution in [3.63, 3.8) is 0 Å². The molecule has 1 heterocycles. The van der Waals surface area contributed by atoms with Crippen LogP contribution < -0.4 is 10.5 Å². The maximum Gasteiger partial charge on any atom is 0.279 e. The van der Waals surface area contributed by atoms with Gasteiger partial charge in [-0.2, -0.15) is 17.4 Å². The summed E-state index contributed by atoms with van der Waals surface area (Å²) in [5.74, 6) is 0.448. The molecule has 98 valence electrons. The van der Waals surface area contributed by atoms with Gasteiger partial charge >= 0.3 is 0 Å². The maximum absolute atomic E-state index is 11.9. The van der Waals surface area contributed by atoms with Gasteiger partial charge < -0.3 is 5.73 Å². The molecular weight excluding hydrogens is 250 g/mol. The zero-order chi connectivity index (χ0) is 11.5. The summed E-state index contributed by atoms with van der Waals surface area (Å²) in [5.41, 5.74) is 5.39. The van der Waals surface area contributed by atoms with E-state index in [-0.39, 0.29) is 18.4 Å². The van der Waals surface area contributed by atoms with Crippen LogP contribution in [0.25, 0.3) is 0 Å². The van der Waals surface area contributed by atoms with E-state index in [1.165, 1.54) is 4.31 Å². The van der Waals surface area contributed by atoms with Gasteiger partial charge in [0, 0.05) is 25.7 Å². The predicted molar refractivity (Wildman–Crippen MR) is 67.8 cm³/mol. The molecule has 3 N–H and O–H groups in total. The Balaban J connectivity index is 0.00000225. The molecule has 0 aromatic rings. The lowest BCUT2D eigenvalue weighted by Gasteiger charge is -2.30. The molecule has 0 aromatic heterocycles. The van der Waals surface area contributed by atoms with Gasteiger partial charge in [-0.25, -0.2) is 0 Å². The molecule has 1 aliphatic heterocycles. The number of hydrogen-bond acceptors (Lipinski definition) is 3. The molecule has 5 nitrogen and oxygen atoms in total. The van der Waals surface area contributed by atoms with Crippen LogP contribution in [-0.2, 0) is 10.2 Å². The normalized spacial score (nSPS) is 24.8. The van der Waals surface area contributed by atoms with Gasteiger partial charge in [0.1, 0.15) is 0 Å². The van der Waals surface area contributed by atoms with Crippen LogP contribution in [0.15, 0.2) is 0 Å². The molecule has 1 rings (SSSR count). The number of hydrogen-bond donors (Lipinski definition) is 2. The molecule has 0 saturated carbocycles. The van der Waals surface area contributed by atoms with Crippen LogP contribution in [0, 0.1) is 5.92 Å². The van der Waals surface area contributed by atoms with Crippen LogP contribution in [0.5, 0.6) is 0 Å². The zero-order valence-corrected chi connectivity index (χ0v) is 11.5. The third kappa shape index (κ3) is 4.55. The molecule has 0 bridgehead atoms. The molecule has 0 aliphatic carbocycles. The first-order valence-electron chi connectivity index (χ1n) is 5.43. The molecule has 1 unspecified atom stereocenters. The van der Waals surface area contributed by atoms with Crippen LogP contribution in [0.3, 0.4) is 0 Å². The Bertz CT molecular complexity index is 297. The van der Waals surface area contributed by atoms with Crippen LogP contribution in [-0.4, -0.2) is 38.4 Å². The van der Waals surface area contributed by atoms with Gasteiger partial charge in [-0.05, 0) is 25.7 Å². The van der Waals surface area contributed by atoms with Crippen LogP contribution in [0.2, 0.25) is 0 Å². The largest absolute Gasteiger partial charge is 0.329 e. The second kappa shape index (κ2) is 6.76. The number of halogens is 1. The summed E-state index contributed by atoms with van der Waals surface area (Å²) < 4.78 is 27.8. The molecule has 1 aliphatic rings. The maximum atomic E-state index is 11.9. The van der Waals surface area contributed by atoms with Crippen molar-refractivity contribution in [3.05, 3.63) is 0 Å². The van der Waals surface area contributed by atoms with Crippen LogP contribution in [0.4, 0.5) is 0 Å². The summed E-state index contributed by atoms with van der Waals surface area (Å²) in [4.78, 5) is 0. The zero-order valence-electron chi connectivity index (χ0n) is 9.85. The van der Waals surface area contributed by atoms with E-state index in [1.807, 2.05) is 0 Å².